The molecule has 4 rings (SSSR count). The molecule has 2 aromatic rings. The first-order valence-corrected chi connectivity index (χ1v) is 10.1. The fraction of sp³-hybridized carbons (Fsp3) is 0.500. The Hall–Kier alpha value is -1.92. The zero-order valence-corrected chi connectivity index (χ0v) is 16.0. The number of thiazole rings is 1. The van der Waals surface area contributed by atoms with Crippen LogP contribution in [0.5, 0.6) is 0 Å². The standard InChI is InChI=1S/C20H25N3O2S/c1-25-12-17-22-16(18(26-17)15-7-3-2-4-8-15)11-21-19(24)23-13-20(14-23)9-5-6-10-20/h2-4,7-8H,5-6,9-14H2,1H3,(H,21,24). The van der Waals surface area contributed by atoms with E-state index >= 15 is 0 Å². The number of aromatic nitrogens is 1. The van der Waals surface area contributed by atoms with Crippen LogP contribution in [0.2, 0.25) is 0 Å². The first kappa shape index (κ1) is 17.5. The largest absolute Gasteiger partial charge is 0.378 e. The zero-order valence-electron chi connectivity index (χ0n) is 15.2. The molecular formula is C20H25N3O2S. The van der Waals surface area contributed by atoms with Crippen LogP contribution in [0, 0.1) is 5.41 Å². The highest BCUT2D eigenvalue weighted by Crippen LogP contribution is 2.45. The molecule has 2 fully saturated rings. The maximum atomic E-state index is 12.5. The van der Waals surface area contributed by atoms with Gasteiger partial charge in [-0.25, -0.2) is 9.78 Å². The molecule has 1 aliphatic carbocycles. The monoisotopic (exact) mass is 371 g/mol. The lowest BCUT2D eigenvalue weighted by Gasteiger charge is -2.48. The summed E-state index contributed by atoms with van der Waals surface area (Å²) in [7, 11) is 1.67. The highest BCUT2D eigenvalue weighted by atomic mass is 32.1. The lowest BCUT2D eigenvalue weighted by atomic mass is 9.78. The predicted molar refractivity (Wildman–Crippen MR) is 103 cm³/mol. The molecule has 0 radical (unpaired) electrons. The average molecular weight is 372 g/mol. The number of benzene rings is 1. The number of nitrogens with one attached hydrogen (secondary N) is 1. The predicted octanol–water partition coefficient (Wildman–Crippen LogP) is 4.04. The fourth-order valence-electron chi connectivity index (χ4n) is 4.14. The maximum Gasteiger partial charge on any atom is 0.317 e. The van der Waals surface area contributed by atoms with E-state index in [0.717, 1.165) is 34.2 Å². The highest BCUT2D eigenvalue weighted by molar-refractivity contribution is 7.15. The van der Waals surface area contributed by atoms with Gasteiger partial charge in [-0.05, 0) is 18.4 Å². The van der Waals surface area contributed by atoms with Crippen LogP contribution in [-0.4, -0.2) is 36.1 Å². The summed E-state index contributed by atoms with van der Waals surface area (Å²) in [5, 5.41) is 4.00. The molecule has 0 atom stereocenters. The Morgan fingerprint density at radius 3 is 2.69 bits per heavy atom. The number of carbonyl (C=O) groups is 1. The van der Waals surface area contributed by atoms with Crippen LogP contribution in [0.1, 0.15) is 36.4 Å². The van der Waals surface area contributed by atoms with Gasteiger partial charge in [0.2, 0.25) is 0 Å². The van der Waals surface area contributed by atoms with Gasteiger partial charge in [-0.1, -0.05) is 43.2 Å². The third kappa shape index (κ3) is 3.48. The van der Waals surface area contributed by atoms with Crippen LogP contribution in [-0.2, 0) is 17.9 Å². The molecule has 0 unspecified atom stereocenters. The molecule has 5 nitrogen and oxygen atoms in total. The third-order valence-corrected chi connectivity index (χ3v) is 6.58. The van der Waals surface area contributed by atoms with Crippen molar-refractivity contribution >= 4 is 17.4 Å². The van der Waals surface area contributed by atoms with Crippen molar-refractivity contribution in [1.29, 1.82) is 0 Å². The summed E-state index contributed by atoms with van der Waals surface area (Å²) >= 11 is 1.63. The Morgan fingerprint density at radius 1 is 1.27 bits per heavy atom. The van der Waals surface area contributed by atoms with Gasteiger partial charge in [0.1, 0.15) is 5.01 Å². The van der Waals surface area contributed by atoms with Crippen molar-refractivity contribution in [1.82, 2.24) is 15.2 Å². The maximum absolute atomic E-state index is 12.5. The fourth-order valence-corrected chi connectivity index (χ4v) is 5.20. The molecular weight excluding hydrogens is 346 g/mol. The van der Waals surface area contributed by atoms with Crippen LogP contribution >= 0.6 is 11.3 Å². The quantitative estimate of drug-likeness (QED) is 0.863. The van der Waals surface area contributed by atoms with E-state index < -0.39 is 0 Å². The van der Waals surface area contributed by atoms with E-state index in [2.05, 4.69) is 22.4 Å². The number of rotatable bonds is 5. The molecule has 0 bridgehead atoms. The van der Waals surface area contributed by atoms with E-state index in [4.69, 9.17) is 4.74 Å². The van der Waals surface area contributed by atoms with E-state index in [0.29, 0.717) is 18.6 Å². The minimum atomic E-state index is 0.0304. The summed E-state index contributed by atoms with van der Waals surface area (Å²) in [6, 6.07) is 10.2. The van der Waals surface area contributed by atoms with E-state index in [1.807, 2.05) is 23.1 Å². The number of likely N-dealkylation sites (tertiary alicyclic amines) is 1. The molecule has 6 heteroatoms. The Bertz CT molecular complexity index is 761. The van der Waals surface area contributed by atoms with Crippen LogP contribution in [0.4, 0.5) is 4.79 Å². The summed E-state index contributed by atoms with van der Waals surface area (Å²) < 4.78 is 5.23. The topological polar surface area (TPSA) is 54.5 Å². The van der Waals surface area contributed by atoms with Crippen LogP contribution in [0.25, 0.3) is 10.4 Å². The molecule has 138 valence electrons. The van der Waals surface area contributed by atoms with E-state index in [-0.39, 0.29) is 6.03 Å². The van der Waals surface area contributed by atoms with Gasteiger partial charge in [0.05, 0.1) is 23.7 Å². The summed E-state index contributed by atoms with van der Waals surface area (Å²) in [5.74, 6) is 0. The van der Waals surface area contributed by atoms with Crippen LogP contribution < -0.4 is 5.32 Å². The Morgan fingerprint density at radius 2 is 2.00 bits per heavy atom. The van der Waals surface area contributed by atoms with E-state index in [9.17, 15) is 4.79 Å². The number of urea groups is 1. The number of amides is 2. The first-order chi connectivity index (χ1) is 12.7. The van der Waals surface area contributed by atoms with Gasteiger partial charge in [-0.15, -0.1) is 11.3 Å². The van der Waals surface area contributed by atoms with Gasteiger partial charge in [0, 0.05) is 25.6 Å². The molecule has 2 heterocycles. The second-order valence-electron chi connectivity index (χ2n) is 7.40. The van der Waals surface area contributed by atoms with Gasteiger partial charge in [-0.3, -0.25) is 0 Å². The number of hydrogen-bond donors (Lipinski definition) is 1. The molecule has 1 saturated heterocycles. The lowest BCUT2D eigenvalue weighted by Crippen LogP contribution is -2.59. The normalized spacial score (nSPS) is 18.1. The molecule has 2 amide bonds. The molecule has 1 spiro atoms. The van der Waals surface area contributed by atoms with Crippen LogP contribution in [0.3, 0.4) is 0 Å². The second-order valence-corrected chi connectivity index (χ2v) is 8.49. The Balaban J connectivity index is 1.42. The Kier molecular flexibility index (Phi) is 4.96. The van der Waals surface area contributed by atoms with Crippen molar-refractivity contribution in [2.75, 3.05) is 20.2 Å². The smallest absolute Gasteiger partial charge is 0.317 e. The number of methoxy groups -OCH3 is 1. The van der Waals surface area contributed by atoms with Gasteiger partial charge in [0.15, 0.2) is 0 Å². The number of ether oxygens (including phenoxy) is 1. The molecule has 1 aromatic heterocycles. The summed E-state index contributed by atoms with van der Waals surface area (Å²) in [6.07, 6.45) is 5.19. The SMILES string of the molecule is COCc1nc(CNC(=O)N2CC3(CCCC3)C2)c(-c2ccccc2)s1. The van der Waals surface area contributed by atoms with Gasteiger partial charge < -0.3 is 15.0 Å². The van der Waals surface area contributed by atoms with Gasteiger partial charge in [-0.2, -0.15) is 0 Å². The van der Waals surface area contributed by atoms with Crippen molar-refractivity contribution in [3.8, 4) is 10.4 Å². The average Bonchev–Trinajstić information content (AvgIpc) is 3.27. The van der Waals surface area contributed by atoms with Crippen LogP contribution in [0.15, 0.2) is 30.3 Å². The summed E-state index contributed by atoms with van der Waals surface area (Å²) in [6.45, 7) is 2.77. The minimum Gasteiger partial charge on any atom is -0.378 e. The molecule has 26 heavy (non-hydrogen) atoms. The molecule has 1 aliphatic heterocycles. The number of hydrogen-bond acceptors (Lipinski definition) is 4. The second kappa shape index (κ2) is 7.37. The van der Waals surface area contributed by atoms with Crippen molar-refractivity contribution in [2.45, 2.75) is 38.8 Å². The zero-order chi connectivity index (χ0) is 18.0. The third-order valence-electron chi connectivity index (χ3n) is 5.46. The molecule has 1 aromatic carbocycles. The van der Waals surface area contributed by atoms with Gasteiger partial charge in [0.25, 0.3) is 0 Å². The molecule has 1 saturated carbocycles. The lowest BCUT2D eigenvalue weighted by molar-refractivity contribution is 0.0370. The summed E-state index contributed by atoms with van der Waals surface area (Å²) in [5.41, 5.74) is 2.47. The van der Waals surface area contributed by atoms with Crippen molar-refractivity contribution < 1.29 is 9.53 Å². The first-order valence-electron chi connectivity index (χ1n) is 9.25. The van der Waals surface area contributed by atoms with Gasteiger partial charge >= 0.3 is 6.03 Å². The van der Waals surface area contributed by atoms with E-state index in [1.165, 1.54) is 25.7 Å². The number of carbonyl (C=O) groups excluding carboxylic acids is 1. The van der Waals surface area contributed by atoms with Crippen molar-refractivity contribution in [3.63, 3.8) is 0 Å². The van der Waals surface area contributed by atoms with Crippen molar-refractivity contribution in [3.05, 3.63) is 41.0 Å². The van der Waals surface area contributed by atoms with Crippen molar-refractivity contribution in [2.24, 2.45) is 5.41 Å². The molecule has 2 aliphatic rings. The minimum absolute atomic E-state index is 0.0304. The highest BCUT2D eigenvalue weighted by Gasteiger charge is 2.46. The van der Waals surface area contributed by atoms with E-state index in [1.54, 1.807) is 18.4 Å². The molecule has 1 N–H and O–H groups in total. The Labute approximate surface area is 158 Å². The number of nitrogens with zero attached hydrogens (tertiary/aromatic N) is 2. The summed E-state index contributed by atoms with van der Waals surface area (Å²) in [4.78, 5) is 20.2.